The summed E-state index contributed by atoms with van der Waals surface area (Å²) in [5.74, 6) is 0.656. The highest BCUT2D eigenvalue weighted by Crippen LogP contribution is 2.38. The second kappa shape index (κ2) is 6.12. The molecule has 4 atom stereocenters. The fraction of sp³-hybridized carbons (Fsp3) is 0.438. The number of hydrazone groups is 1. The van der Waals surface area contributed by atoms with E-state index in [0.717, 1.165) is 17.0 Å². The van der Waals surface area contributed by atoms with Gasteiger partial charge in [-0.1, -0.05) is 17.4 Å². The lowest BCUT2D eigenvalue weighted by molar-refractivity contribution is -0.0812. The number of methoxy groups -OCH3 is 1. The number of nitrogens with zero attached hydrogens (tertiary/aromatic N) is 2. The van der Waals surface area contributed by atoms with Crippen LogP contribution < -0.4 is 10.2 Å². The quantitative estimate of drug-likeness (QED) is 0.659. The Morgan fingerprint density at radius 2 is 2.17 bits per heavy atom. The van der Waals surface area contributed by atoms with Gasteiger partial charge in [-0.3, -0.25) is 5.43 Å². The minimum Gasteiger partial charge on any atom is -0.497 e. The van der Waals surface area contributed by atoms with Crippen LogP contribution in [0.3, 0.4) is 0 Å². The highest BCUT2D eigenvalue weighted by Gasteiger charge is 2.55. The van der Waals surface area contributed by atoms with Crippen LogP contribution in [0.4, 0.5) is 0 Å². The summed E-state index contributed by atoms with van der Waals surface area (Å²) in [6.07, 6.45) is -0.887. The van der Waals surface area contributed by atoms with Gasteiger partial charge in [0.1, 0.15) is 17.6 Å². The average molecular weight is 347 g/mol. The molecule has 0 aromatic heterocycles. The zero-order valence-electron chi connectivity index (χ0n) is 13.3. The van der Waals surface area contributed by atoms with E-state index in [1.54, 1.807) is 14.0 Å². The van der Waals surface area contributed by atoms with E-state index in [1.165, 1.54) is 0 Å². The summed E-state index contributed by atoms with van der Waals surface area (Å²) in [7, 11) is 1.64. The lowest BCUT2D eigenvalue weighted by Crippen LogP contribution is -2.49. The molecule has 3 aliphatic rings. The van der Waals surface area contributed by atoms with Crippen molar-refractivity contribution in [3.63, 3.8) is 0 Å². The predicted molar refractivity (Wildman–Crippen MR) is 91.3 cm³/mol. The third-order valence-corrected chi connectivity index (χ3v) is 4.35. The van der Waals surface area contributed by atoms with Crippen LogP contribution in [0.15, 0.2) is 34.5 Å². The van der Waals surface area contributed by atoms with Crippen LogP contribution in [-0.2, 0) is 14.3 Å². The van der Waals surface area contributed by atoms with Crippen molar-refractivity contribution in [2.24, 2.45) is 16.2 Å². The van der Waals surface area contributed by atoms with E-state index in [-0.39, 0.29) is 18.1 Å². The molecular formula is C16H17N3O4S. The van der Waals surface area contributed by atoms with Crippen molar-refractivity contribution in [2.45, 2.75) is 25.4 Å². The number of oxime groups is 1. The molecule has 2 unspecified atom stereocenters. The Morgan fingerprint density at radius 1 is 1.38 bits per heavy atom. The molecule has 8 heteroatoms. The molecule has 1 N–H and O–H groups in total. The molecule has 0 radical (unpaired) electrons. The molecule has 126 valence electrons. The molecule has 7 nitrogen and oxygen atoms in total. The summed E-state index contributed by atoms with van der Waals surface area (Å²) in [5, 5.41) is 8.70. The molecule has 2 saturated heterocycles. The first kappa shape index (κ1) is 15.5. The monoisotopic (exact) mass is 347 g/mol. The first-order valence-electron chi connectivity index (χ1n) is 7.66. The predicted octanol–water partition coefficient (Wildman–Crippen LogP) is 1.46. The van der Waals surface area contributed by atoms with E-state index >= 15 is 0 Å². The normalized spacial score (nSPS) is 32.1. The summed E-state index contributed by atoms with van der Waals surface area (Å²) >= 11 is 5.04. The molecule has 3 heterocycles. The third-order valence-electron chi connectivity index (χ3n) is 4.26. The summed E-state index contributed by atoms with van der Waals surface area (Å²) in [6, 6.07) is 7.70. The standard InChI is InChI=1S/C16H17N3O4S/c1-8(24)17-18-14-12-13(9-3-5-10(20-2)6-4-9)19-23-15(12)11-7-21-16(14)22-11/h3-6,11-12,15-16H,7H2,1-2H3,(H,17,24)/b18-14-/t11?,12?,15-,16+/m0/s1. The van der Waals surface area contributed by atoms with Crippen LogP contribution >= 0.6 is 12.2 Å². The van der Waals surface area contributed by atoms with Crippen molar-refractivity contribution < 1.29 is 19.0 Å². The molecule has 4 rings (SSSR count). The summed E-state index contributed by atoms with van der Waals surface area (Å²) in [5.41, 5.74) is 5.30. The van der Waals surface area contributed by atoms with Crippen molar-refractivity contribution in [2.75, 3.05) is 13.7 Å². The van der Waals surface area contributed by atoms with Crippen molar-refractivity contribution in [3.8, 4) is 5.75 Å². The van der Waals surface area contributed by atoms with Crippen LogP contribution in [-0.4, -0.2) is 48.6 Å². The van der Waals surface area contributed by atoms with Gasteiger partial charge in [-0.25, -0.2) is 0 Å². The molecule has 2 fully saturated rings. The van der Waals surface area contributed by atoms with Gasteiger partial charge in [0.15, 0.2) is 12.4 Å². The summed E-state index contributed by atoms with van der Waals surface area (Å²) < 4.78 is 16.7. The van der Waals surface area contributed by atoms with Gasteiger partial charge in [0.2, 0.25) is 0 Å². The SMILES string of the molecule is COc1ccc(C2=NO[C@H]3C4CO[C@H](O4)/C(=N\NC(C)=S)C23)cc1. The van der Waals surface area contributed by atoms with Gasteiger partial charge in [-0.05, 0) is 31.2 Å². The highest BCUT2D eigenvalue weighted by atomic mass is 32.1. The number of fused-ring (bicyclic) bond motifs is 4. The molecule has 0 amide bonds. The number of rotatable bonds is 3. The number of benzene rings is 1. The van der Waals surface area contributed by atoms with Crippen LogP contribution in [0.2, 0.25) is 0 Å². The average Bonchev–Trinajstić information content (AvgIpc) is 3.21. The molecule has 2 bridgehead atoms. The van der Waals surface area contributed by atoms with Gasteiger partial charge in [0.25, 0.3) is 0 Å². The highest BCUT2D eigenvalue weighted by molar-refractivity contribution is 7.80. The molecular weight excluding hydrogens is 330 g/mol. The summed E-state index contributed by atoms with van der Waals surface area (Å²) in [6.45, 7) is 2.23. The van der Waals surface area contributed by atoms with Gasteiger partial charge >= 0.3 is 0 Å². The van der Waals surface area contributed by atoms with Gasteiger partial charge in [-0.15, -0.1) is 0 Å². The van der Waals surface area contributed by atoms with E-state index in [0.29, 0.717) is 17.3 Å². The van der Waals surface area contributed by atoms with Crippen LogP contribution in [0.5, 0.6) is 5.75 Å². The number of thiocarbonyl (C=S) groups is 1. The van der Waals surface area contributed by atoms with Gasteiger partial charge in [0, 0.05) is 5.56 Å². The van der Waals surface area contributed by atoms with E-state index in [9.17, 15) is 0 Å². The third kappa shape index (κ3) is 2.56. The number of nitrogens with one attached hydrogen (secondary N) is 1. The van der Waals surface area contributed by atoms with Crippen LogP contribution in [0.1, 0.15) is 12.5 Å². The largest absolute Gasteiger partial charge is 0.497 e. The topological polar surface area (TPSA) is 73.7 Å². The summed E-state index contributed by atoms with van der Waals surface area (Å²) in [4.78, 5) is 6.23. The number of ether oxygens (including phenoxy) is 3. The van der Waals surface area contributed by atoms with Gasteiger partial charge < -0.3 is 19.0 Å². The minimum absolute atomic E-state index is 0.133. The molecule has 0 spiro atoms. The fourth-order valence-corrected chi connectivity index (χ4v) is 3.18. The Morgan fingerprint density at radius 3 is 2.88 bits per heavy atom. The van der Waals surface area contributed by atoms with Crippen molar-refractivity contribution in [1.82, 2.24) is 5.43 Å². The first-order valence-corrected chi connectivity index (χ1v) is 8.07. The molecule has 1 aromatic carbocycles. The van der Waals surface area contributed by atoms with Crippen LogP contribution in [0.25, 0.3) is 0 Å². The second-order valence-corrected chi connectivity index (χ2v) is 6.41. The Hall–Kier alpha value is -2.03. The van der Waals surface area contributed by atoms with Gasteiger partial charge in [0.05, 0.1) is 30.3 Å². The molecule has 24 heavy (non-hydrogen) atoms. The van der Waals surface area contributed by atoms with E-state index in [1.807, 2.05) is 24.3 Å². The molecule has 3 aliphatic heterocycles. The molecule has 0 aliphatic carbocycles. The zero-order valence-corrected chi connectivity index (χ0v) is 14.1. The zero-order chi connectivity index (χ0) is 16.7. The van der Waals surface area contributed by atoms with Crippen molar-refractivity contribution in [3.05, 3.63) is 29.8 Å². The van der Waals surface area contributed by atoms with Gasteiger partial charge in [-0.2, -0.15) is 5.10 Å². The Labute approximate surface area is 144 Å². The van der Waals surface area contributed by atoms with Crippen molar-refractivity contribution >= 4 is 28.6 Å². The molecule has 1 aromatic rings. The van der Waals surface area contributed by atoms with Crippen LogP contribution in [0, 0.1) is 5.92 Å². The Bertz CT molecular complexity index is 719. The van der Waals surface area contributed by atoms with E-state index in [4.69, 9.17) is 31.3 Å². The maximum atomic E-state index is 5.82. The second-order valence-electron chi connectivity index (χ2n) is 5.80. The van der Waals surface area contributed by atoms with E-state index in [2.05, 4.69) is 15.7 Å². The fourth-order valence-electron chi connectivity index (χ4n) is 3.13. The molecule has 0 saturated carbocycles. The number of hydrogen-bond donors (Lipinski definition) is 1. The lowest BCUT2D eigenvalue weighted by Gasteiger charge is -2.30. The number of hydrogen-bond acceptors (Lipinski definition) is 7. The van der Waals surface area contributed by atoms with E-state index < -0.39 is 6.29 Å². The van der Waals surface area contributed by atoms with Crippen molar-refractivity contribution in [1.29, 1.82) is 0 Å². The minimum atomic E-state index is -0.497. The smallest absolute Gasteiger partial charge is 0.200 e. The first-order chi connectivity index (χ1) is 11.7. The maximum Gasteiger partial charge on any atom is 0.200 e. The Balaban J connectivity index is 1.69. The maximum absolute atomic E-state index is 5.82. The lowest BCUT2D eigenvalue weighted by atomic mass is 9.84. The Kier molecular flexibility index (Phi) is 3.95.